The average molecular weight is 304 g/mol. The molecule has 3 nitrogen and oxygen atoms in total. The van der Waals surface area contributed by atoms with Crippen molar-refractivity contribution in [1.82, 2.24) is 5.32 Å². The molecule has 5 heteroatoms. The van der Waals surface area contributed by atoms with Crippen LogP contribution < -0.4 is 5.32 Å². The van der Waals surface area contributed by atoms with Crippen LogP contribution in [0.4, 0.5) is 4.39 Å². The van der Waals surface area contributed by atoms with Gasteiger partial charge in [0.25, 0.3) is 0 Å². The lowest BCUT2D eigenvalue weighted by molar-refractivity contribution is -0.120. The third-order valence-electron chi connectivity index (χ3n) is 2.32. The quantitative estimate of drug-likeness (QED) is 0.872. The molecule has 0 aromatic heterocycles. The van der Waals surface area contributed by atoms with Crippen molar-refractivity contribution in [1.29, 1.82) is 0 Å². The summed E-state index contributed by atoms with van der Waals surface area (Å²) in [6.45, 7) is 2.23. The summed E-state index contributed by atoms with van der Waals surface area (Å²) < 4.78 is 14.1. The van der Waals surface area contributed by atoms with Crippen LogP contribution in [-0.4, -0.2) is 24.2 Å². The second-order valence-corrected chi connectivity index (χ2v) is 4.92. The van der Waals surface area contributed by atoms with Gasteiger partial charge in [-0.25, -0.2) is 4.39 Å². The summed E-state index contributed by atoms with van der Waals surface area (Å²) in [7, 11) is 0. The van der Waals surface area contributed by atoms with Gasteiger partial charge < -0.3 is 10.4 Å². The van der Waals surface area contributed by atoms with Crippen molar-refractivity contribution in [2.75, 3.05) is 13.2 Å². The van der Waals surface area contributed by atoms with Crippen LogP contribution in [0, 0.1) is 11.7 Å². The number of hydrogen-bond donors (Lipinski definition) is 2. The van der Waals surface area contributed by atoms with Crippen LogP contribution in [0.15, 0.2) is 22.7 Å². The van der Waals surface area contributed by atoms with Crippen molar-refractivity contribution in [3.05, 3.63) is 34.1 Å². The summed E-state index contributed by atoms with van der Waals surface area (Å²) >= 11 is 3.23. The van der Waals surface area contributed by atoms with Crippen LogP contribution in [0.25, 0.3) is 0 Å². The summed E-state index contributed by atoms with van der Waals surface area (Å²) in [6, 6.07) is 4.50. The van der Waals surface area contributed by atoms with Gasteiger partial charge in [-0.3, -0.25) is 4.79 Å². The number of halogens is 2. The highest BCUT2D eigenvalue weighted by atomic mass is 79.9. The fourth-order valence-corrected chi connectivity index (χ4v) is 1.68. The number of aliphatic hydroxyl groups is 1. The third kappa shape index (κ3) is 4.83. The van der Waals surface area contributed by atoms with Gasteiger partial charge in [-0.05, 0) is 29.7 Å². The van der Waals surface area contributed by atoms with E-state index in [0.717, 1.165) is 4.47 Å². The molecule has 0 saturated heterocycles. The van der Waals surface area contributed by atoms with E-state index in [9.17, 15) is 9.18 Å². The third-order valence-corrected chi connectivity index (χ3v) is 2.81. The highest BCUT2D eigenvalue weighted by Crippen LogP contribution is 2.15. The van der Waals surface area contributed by atoms with Crippen molar-refractivity contribution in [3.8, 4) is 0 Å². The van der Waals surface area contributed by atoms with Crippen LogP contribution >= 0.6 is 15.9 Å². The fourth-order valence-electron chi connectivity index (χ4n) is 1.27. The maximum atomic E-state index is 13.4. The Bertz CT molecular complexity index is 398. The van der Waals surface area contributed by atoms with Gasteiger partial charge in [0.05, 0.1) is 6.42 Å². The second-order valence-electron chi connectivity index (χ2n) is 4.00. The minimum absolute atomic E-state index is 0.00339. The van der Waals surface area contributed by atoms with Crippen LogP contribution in [0.2, 0.25) is 0 Å². The number of benzene rings is 1. The average Bonchev–Trinajstić information content (AvgIpc) is 2.30. The van der Waals surface area contributed by atoms with Gasteiger partial charge in [0, 0.05) is 17.6 Å². The first kappa shape index (κ1) is 14.1. The van der Waals surface area contributed by atoms with Crippen LogP contribution in [0.3, 0.4) is 0 Å². The van der Waals surface area contributed by atoms with Crippen molar-refractivity contribution in [2.24, 2.45) is 5.92 Å². The summed E-state index contributed by atoms with van der Waals surface area (Å²) in [5.74, 6) is -0.632. The number of amides is 1. The van der Waals surface area contributed by atoms with Crippen molar-refractivity contribution < 1.29 is 14.3 Å². The summed E-state index contributed by atoms with van der Waals surface area (Å²) in [4.78, 5) is 11.5. The molecular weight excluding hydrogens is 289 g/mol. The van der Waals surface area contributed by atoms with Crippen molar-refractivity contribution in [2.45, 2.75) is 13.3 Å². The van der Waals surface area contributed by atoms with Gasteiger partial charge >= 0.3 is 0 Å². The van der Waals surface area contributed by atoms with Gasteiger partial charge in [-0.2, -0.15) is 0 Å². The van der Waals surface area contributed by atoms with E-state index in [4.69, 9.17) is 5.11 Å². The molecule has 0 bridgehead atoms. The lowest BCUT2D eigenvalue weighted by atomic mass is 10.1. The minimum Gasteiger partial charge on any atom is -0.396 e. The van der Waals surface area contributed by atoms with Crippen molar-refractivity contribution in [3.63, 3.8) is 0 Å². The first-order valence-electron chi connectivity index (χ1n) is 5.34. The Morgan fingerprint density at radius 2 is 2.29 bits per heavy atom. The molecule has 0 aliphatic carbocycles. The highest BCUT2D eigenvalue weighted by Gasteiger charge is 2.09. The fraction of sp³-hybridized carbons (Fsp3) is 0.417. The minimum atomic E-state index is -0.390. The molecule has 0 spiro atoms. The molecule has 1 atom stereocenters. The maximum absolute atomic E-state index is 13.4. The number of carbonyl (C=O) groups is 1. The highest BCUT2D eigenvalue weighted by molar-refractivity contribution is 9.10. The normalized spacial score (nSPS) is 12.2. The zero-order chi connectivity index (χ0) is 12.8. The number of nitrogens with one attached hydrogen (secondary N) is 1. The maximum Gasteiger partial charge on any atom is 0.224 e. The van der Waals surface area contributed by atoms with Crippen LogP contribution in [-0.2, 0) is 11.2 Å². The van der Waals surface area contributed by atoms with Gasteiger partial charge in [0.15, 0.2) is 0 Å². The first-order valence-corrected chi connectivity index (χ1v) is 6.13. The lowest BCUT2D eigenvalue weighted by Gasteiger charge is -2.10. The van der Waals surface area contributed by atoms with Crippen LogP contribution in [0.5, 0.6) is 0 Å². The monoisotopic (exact) mass is 303 g/mol. The Kier molecular flexibility index (Phi) is 5.58. The van der Waals surface area contributed by atoms with E-state index in [1.54, 1.807) is 12.1 Å². The molecule has 1 aromatic rings. The SMILES string of the molecule is CC(CO)CNC(=O)Cc1cc(Br)ccc1F. The van der Waals surface area contributed by atoms with E-state index in [2.05, 4.69) is 21.2 Å². The largest absolute Gasteiger partial charge is 0.396 e. The molecule has 1 aromatic carbocycles. The molecule has 2 N–H and O–H groups in total. The summed E-state index contributed by atoms with van der Waals surface area (Å²) in [5, 5.41) is 11.4. The Balaban J connectivity index is 2.53. The lowest BCUT2D eigenvalue weighted by Crippen LogP contribution is -2.30. The van der Waals surface area contributed by atoms with Gasteiger partial charge in [-0.1, -0.05) is 22.9 Å². The predicted molar refractivity (Wildman–Crippen MR) is 67.1 cm³/mol. The van der Waals surface area contributed by atoms with Gasteiger partial charge in [0.1, 0.15) is 5.82 Å². The Hall–Kier alpha value is -0.940. The molecule has 17 heavy (non-hydrogen) atoms. The van der Waals surface area contributed by atoms with E-state index in [1.165, 1.54) is 6.07 Å². The molecule has 0 aliphatic rings. The second kappa shape index (κ2) is 6.71. The molecule has 0 aliphatic heterocycles. The molecule has 1 amide bonds. The first-order chi connectivity index (χ1) is 8.02. The van der Waals surface area contributed by atoms with Gasteiger partial charge in [0.2, 0.25) is 5.91 Å². The predicted octanol–water partition coefficient (Wildman–Crippen LogP) is 1.88. The molecule has 0 heterocycles. The van der Waals surface area contributed by atoms with E-state index in [-0.39, 0.29) is 24.9 Å². The summed E-state index contributed by atoms with van der Waals surface area (Å²) in [6.07, 6.45) is 0.00339. The number of aliphatic hydroxyl groups excluding tert-OH is 1. The molecule has 0 saturated carbocycles. The molecule has 1 rings (SSSR count). The Labute approximate surface area is 108 Å². The smallest absolute Gasteiger partial charge is 0.224 e. The molecule has 0 radical (unpaired) electrons. The van der Waals surface area contributed by atoms with Crippen LogP contribution in [0.1, 0.15) is 12.5 Å². The Morgan fingerprint density at radius 3 is 2.94 bits per heavy atom. The van der Waals surface area contributed by atoms with E-state index in [0.29, 0.717) is 12.1 Å². The Morgan fingerprint density at radius 1 is 1.59 bits per heavy atom. The van der Waals surface area contributed by atoms with Gasteiger partial charge in [-0.15, -0.1) is 0 Å². The molecule has 1 unspecified atom stereocenters. The van der Waals surface area contributed by atoms with E-state index >= 15 is 0 Å². The zero-order valence-corrected chi connectivity index (χ0v) is 11.1. The number of rotatable bonds is 5. The molecule has 94 valence electrons. The standard InChI is InChI=1S/C12H15BrFNO2/c1-8(7-16)6-15-12(17)5-9-4-10(13)2-3-11(9)14/h2-4,8,16H,5-7H2,1H3,(H,15,17). The van der Waals surface area contributed by atoms with Crippen molar-refractivity contribution >= 4 is 21.8 Å². The topological polar surface area (TPSA) is 49.3 Å². The molecule has 0 fully saturated rings. The summed E-state index contributed by atoms with van der Waals surface area (Å²) in [5.41, 5.74) is 0.355. The number of carbonyl (C=O) groups excluding carboxylic acids is 1. The van der Waals surface area contributed by atoms with E-state index in [1.807, 2.05) is 6.92 Å². The van der Waals surface area contributed by atoms with E-state index < -0.39 is 5.82 Å². The molecular formula is C12H15BrFNO2. The zero-order valence-electron chi connectivity index (χ0n) is 9.54. The number of hydrogen-bond acceptors (Lipinski definition) is 2.